The molecule has 1 N–H and O–H groups in total. The average Bonchev–Trinajstić information content (AvgIpc) is 3.05. The number of aromatic carboxylic acids is 1. The van der Waals surface area contributed by atoms with E-state index < -0.39 is 5.97 Å². The number of nitrogens with zero attached hydrogens (tertiary/aromatic N) is 1. The van der Waals surface area contributed by atoms with Crippen molar-refractivity contribution < 1.29 is 23.8 Å². The predicted molar refractivity (Wildman–Crippen MR) is 106 cm³/mol. The highest BCUT2D eigenvalue weighted by Gasteiger charge is 2.16. The van der Waals surface area contributed by atoms with Crippen LogP contribution in [0.3, 0.4) is 0 Å². The first kappa shape index (κ1) is 19.5. The molecule has 1 amide bonds. The predicted octanol–water partition coefficient (Wildman–Crippen LogP) is 4.26. The Balaban J connectivity index is 1.48. The molecule has 0 atom stereocenters. The zero-order chi connectivity index (χ0) is 20.1. The third kappa shape index (κ3) is 4.52. The van der Waals surface area contributed by atoms with Crippen LogP contribution in [0.25, 0.3) is 10.8 Å². The summed E-state index contributed by atoms with van der Waals surface area (Å²) in [5.74, 6) is 0.523. The second-order valence-corrected chi connectivity index (χ2v) is 6.67. The molecule has 0 saturated carbocycles. The Bertz CT molecular complexity index is 986. The van der Waals surface area contributed by atoms with Crippen LogP contribution < -0.4 is 4.74 Å². The standard InChI is InChI=1S/C22H23NO5/c1-15-19(22(25)26)13-17(28-15)14-23(2)21(24)11-6-12-27-20-10-5-8-16-7-3-4-9-18(16)20/h3-5,7-10,13H,6,11-12,14H2,1-2H3,(H,25,26). The molecule has 2 aromatic carbocycles. The van der Waals surface area contributed by atoms with Gasteiger partial charge >= 0.3 is 5.97 Å². The lowest BCUT2D eigenvalue weighted by Gasteiger charge is -2.16. The molecule has 0 radical (unpaired) electrons. The van der Waals surface area contributed by atoms with Gasteiger partial charge in [-0.25, -0.2) is 4.79 Å². The van der Waals surface area contributed by atoms with Gasteiger partial charge in [-0.05, 0) is 30.9 Å². The molecule has 0 saturated heterocycles. The van der Waals surface area contributed by atoms with Gasteiger partial charge in [0.2, 0.25) is 5.91 Å². The molecule has 0 aliphatic heterocycles. The molecule has 0 aliphatic rings. The molecule has 146 valence electrons. The van der Waals surface area contributed by atoms with Gasteiger partial charge in [-0.1, -0.05) is 36.4 Å². The minimum Gasteiger partial charge on any atom is -0.493 e. The summed E-state index contributed by atoms with van der Waals surface area (Å²) >= 11 is 0. The maximum Gasteiger partial charge on any atom is 0.339 e. The molecule has 3 rings (SSSR count). The number of fused-ring (bicyclic) bond motifs is 1. The van der Waals surface area contributed by atoms with Crippen molar-refractivity contribution in [3.8, 4) is 5.75 Å². The SMILES string of the molecule is Cc1oc(CN(C)C(=O)CCCOc2cccc3ccccc23)cc1C(=O)O. The van der Waals surface area contributed by atoms with E-state index in [1.807, 2.05) is 42.5 Å². The van der Waals surface area contributed by atoms with Gasteiger partial charge in [0.15, 0.2) is 0 Å². The molecule has 3 aromatic rings. The van der Waals surface area contributed by atoms with E-state index in [1.165, 1.54) is 11.0 Å². The summed E-state index contributed by atoms with van der Waals surface area (Å²) in [7, 11) is 1.67. The first-order chi connectivity index (χ1) is 13.5. The Hall–Kier alpha value is -3.28. The van der Waals surface area contributed by atoms with Gasteiger partial charge in [-0.15, -0.1) is 0 Å². The molecule has 6 nitrogen and oxygen atoms in total. The van der Waals surface area contributed by atoms with Crippen LogP contribution in [0, 0.1) is 6.92 Å². The van der Waals surface area contributed by atoms with Crippen molar-refractivity contribution in [1.29, 1.82) is 0 Å². The molecule has 0 bridgehead atoms. The lowest BCUT2D eigenvalue weighted by atomic mass is 10.1. The van der Waals surface area contributed by atoms with E-state index in [0.717, 1.165) is 16.5 Å². The molecule has 0 aliphatic carbocycles. The van der Waals surface area contributed by atoms with Gasteiger partial charge in [0.25, 0.3) is 0 Å². The summed E-state index contributed by atoms with van der Waals surface area (Å²) in [5, 5.41) is 11.2. The largest absolute Gasteiger partial charge is 0.493 e. The van der Waals surface area contributed by atoms with Crippen LogP contribution in [0.1, 0.15) is 34.7 Å². The zero-order valence-corrected chi connectivity index (χ0v) is 16.0. The molecular weight excluding hydrogens is 358 g/mol. The Kier molecular flexibility index (Phi) is 5.99. The summed E-state index contributed by atoms with van der Waals surface area (Å²) in [5.41, 5.74) is 0.124. The highest BCUT2D eigenvalue weighted by molar-refractivity contribution is 5.89. The second-order valence-electron chi connectivity index (χ2n) is 6.67. The van der Waals surface area contributed by atoms with Gasteiger partial charge in [0.05, 0.1) is 13.2 Å². The quantitative estimate of drug-likeness (QED) is 0.590. The number of hydrogen-bond donors (Lipinski definition) is 1. The van der Waals surface area contributed by atoms with Gasteiger partial charge in [0.1, 0.15) is 22.8 Å². The summed E-state index contributed by atoms with van der Waals surface area (Å²) in [6, 6.07) is 15.4. The van der Waals surface area contributed by atoms with Crippen molar-refractivity contribution in [2.45, 2.75) is 26.3 Å². The van der Waals surface area contributed by atoms with E-state index in [2.05, 4.69) is 0 Å². The molecular formula is C22H23NO5. The number of aryl methyl sites for hydroxylation is 1. The van der Waals surface area contributed by atoms with Crippen LogP contribution in [-0.4, -0.2) is 35.5 Å². The van der Waals surface area contributed by atoms with Crippen molar-refractivity contribution in [2.75, 3.05) is 13.7 Å². The summed E-state index contributed by atoms with van der Waals surface area (Å²) < 4.78 is 11.3. The van der Waals surface area contributed by atoms with E-state index >= 15 is 0 Å². The van der Waals surface area contributed by atoms with Crippen LogP contribution in [-0.2, 0) is 11.3 Å². The molecule has 0 unspecified atom stereocenters. The fraction of sp³-hybridized carbons (Fsp3) is 0.273. The highest BCUT2D eigenvalue weighted by Crippen LogP contribution is 2.25. The van der Waals surface area contributed by atoms with E-state index in [1.54, 1.807) is 14.0 Å². The van der Waals surface area contributed by atoms with Gasteiger partial charge < -0.3 is 19.2 Å². The third-order valence-electron chi connectivity index (χ3n) is 4.56. The normalized spacial score (nSPS) is 10.8. The number of carbonyl (C=O) groups is 2. The average molecular weight is 381 g/mol. The molecule has 28 heavy (non-hydrogen) atoms. The monoisotopic (exact) mass is 381 g/mol. The second kappa shape index (κ2) is 8.61. The first-order valence-electron chi connectivity index (χ1n) is 9.13. The highest BCUT2D eigenvalue weighted by atomic mass is 16.5. The zero-order valence-electron chi connectivity index (χ0n) is 16.0. The topological polar surface area (TPSA) is 80.0 Å². The fourth-order valence-corrected chi connectivity index (χ4v) is 3.07. The van der Waals surface area contributed by atoms with Crippen LogP contribution in [0.15, 0.2) is 52.9 Å². The van der Waals surface area contributed by atoms with E-state index in [0.29, 0.717) is 31.0 Å². The van der Waals surface area contributed by atoms with Gasteiger partial charge in [0, 0.05) is 18.9 Å². The molecule has 1 heterocycles. The number of ether oxygens (including phenoxy) is 1. The van der Waals surface area contributed by atoms with E-state index in [9.17, 15) is 9.59 Å². The molecule has 0 spiro atoms. The Morgan fingerprint density at radius 3 is 2.64 bits per heavy atom. The number of carboxylic acid groups (broad SMARTS) is 1. The number of hydrogen-bond acceptors (Lipinski definition) is 4. The summed E-state index contributed by atoms with van der Waals surface area (Å²) in [6.45, 7) is 2.27. The lowest BCUT2D eigenvalue weighted by molar-refractivity contribution is -0.130. The maximum absolute atomic E-state index is 12.3. The molecule has 1 aromatic heterocycles. The minimum absolute atomic E-state index is 0.0487. The van der Waals surface area contributed by atoms with Crippen LogP contribution >= 0.6 is 0 Å². The number of rotatable bonds is 8. The number of carbonyl (C=O) groups excluding carboxylic acids is 1. The van der Waals surface area contributed by atoms with Crippen molar-refractivity contribution in [2.24, 2.45) is 0 Å². The van der Waals surface area contributed by atoms with Crippen molar-refractivity contribution >= 4 is 22.6 Å². The Morgan fingerprint density at radius 1 is 1.14 bits per heavy atom. The van der Waals surface area contributed by atoms with Crippen molar-refractivity contribution in [1.82, 2.24) is 4.90 Å². The molecule has 6 heteroatoms. The minimum atomic E-state index is -1.04. The first-order valence-corrected chi connectivity index (χ1v) is 9.13. The smallest absolute Gasteiger partial charge is 0.339 e. The van der Waals surface area contributed by atoms with Crippen LogP contribution in [0.5, 0.6) is 5.75 Å². The number of furan rings is 1. The number of amides is 1. The van der Waals surface area contributed by atoms with E-state index in [-0.39, 0.29) is 18.0 Å². The number of carboxylic acids is 1. The lowest BCUT2D eigenvalue weighted by Crippen LogP contribution is -2.26. The van der Waals surface area contributed by atoms with Gasteiger partial charge in [-0.3, -0.25) is 4.79 Å². The maximum atomic E-state index is 12.3. The van der Waals surface area contributed by atoms with E-state index in [4.69, 9.17) is 14.3 Å². The third-order valence-corrected chi connectivity index (χ3v) is 4.56. The number of benzene rings is 2. The van der Waals surface area contributed by atoms with Crippen molar-refractivity contribution in [3.05, 3.63) is 65.6 Å². The Morgan fingerprint density at radius 2 is 1.89 bits per heavy atom. The van der Waals surface area contributed by atoms with Gasteiger partial charge in [-0.2, -0.15) is 0 Å². The van der Waals surface area contributed by atoms with Crippen LogP contribution in [0.2, 0.25) is 0 Å². The Labute approximate surface area is 163 Å². The summed E-state index contributed by atoms with van der Waals surface area (Å²) in [6.07, 6.45) is 0.927. The summed E-state index contributed by atoms with van der Waals surface area (Å²) in [4.78, 5) is 24.9. The van der Waals surface area contributed by atoms with Crippen molar-refractivity contribution in [3.63, 3.8) is 0 Å². The fourth-order valence-electron chi connectivity index (χ4n) is 3.07. The van der Waals surface area contributed by atoms with Crippen LogP contribution in [0.4, 0.5) is 0 Å². The molecule has 0 fully saturated rings.